The third kappa shape index (κ3) is 4.80. The Morgan fingerprint density at radius 3 is 2.06 bits per heavy atom. The van der Waals surface area contributed by atoms with Gasteiger partial charge < -0.3 is 14.9 Å². The molecule has 0 radical (unpaired) electrons. The minimum absolute atomic E-state index is 0.0728. The minimum atomic E-state index is -0.323. The number of nitrogens with one attached hydrogen (secondary N) is 1. The van der Waals surface area contributed by atoms with Gasteiger partial charge in [0.1, 0.15) is 11.6 Å². The lowest BCUT2D eigenvalue weighted by Crippen LogP contribution is -2.31. The van der Waals surface area contributed by atoms with Crippen LogP contribution in [0.2, 0.25) is 0 Å². The van der Waals surface area contributed by atoms with Gasteiger partial charge in [0.15, 0.2) is 5.78 Å². The SMILES string of the molecule is CC(=O)N(C)c1ccc2c(c1)C(=N)N(CC(=O)c1cc(C(C)(C)C)c(O)c(C(C)(C)C)c1)C2. The number of rotatable bonds is 4. The molecule has 1 amide bonds. The first-order valence-electron chi connectivity index (χ1n) is 11.2. The quantitative estimate of drug-likeness (QED) is 0.644. The van der Waals surface area contributed by atoms with E-state index in [9.17, 15) is 14.7 Å². The summed E-state index contributed by atoms with van der Waals surface area (Å²) >= 11 is 0. The van der Waals surface area contributed by atoms with Crippen molar-refractivity contribution in [2.45, 2.75) is 65.8 Å². The van der Waals surface area contributed by atoms with Gasteiger partial charge in [-0.05, 0) is 40.7 Å². The third-order valence-corrected chi connectivity index (χ3v) is 6.27. The van der Waals surface area contributed by atoms with E-state index in [1.807, 2.05) is 59.7 Å². The molecule has 0 unspecified atom stereocenters. The minimum Gasteiger partial charge on any atom is -0.507 e. The van der Waals surface area contributed by atoms with Gasteiger partial charge in [-0.3, -0.25) is 15.0 Å². The van der Waals surface area contributed by atoms with Crippen LogP contribution in [0.15, 0.2) is 30.3 Å². The molecular weight excluding hydrogens is 414 g/mol. The van der Waals surface area contributed by atoms with Crippen LogP contribution in [-0.2, 0) is 22.2 Å². The second-order valence-corrected chi connectivity index (χ2v) is 11.0. The van der Waals surface area contributed by atoms with E-state index < -0.39 is 0 Å². The monoisotopic (exact) mass is 449 g/mol. The molecule has 176 valence electrons. The Bertz CT molecular complexity index is 1100. The van der Waals surface area contributed by atoms with Crippen molar-refractivity contribution < 1.29 is 14.7 Å². The fraction of sp³-hybridized carbons (Fsp3) is 0.444. The second kappa shape index (κ2) is 8.32. The number of anilines is 1. The van der Waals surface area contributed by atoms with E-state index in [0.29, 0.717) is 12.1 Å². The summed E-state index contributed by atoms with van der Waals surface area (Å²) in [6, 6.07) is 9.20. The topological polar surface area (TPSA) is 84.7 Å². The summed E-state index contributed by atoms with van der Waals surface area (Å²) in [7, 11) is 1.70. The lowest BCUT2D eigenvalue weighted by atomic mass is 9.78. The largest absolute Gasteiger partial charge is 0.507 e. The Hall–Kier alpha value is -3.15. The first-order valence-corrected chi connectivity index (χ1v) is 11.2. The molecule has 0 saturated carbocycles. The Labute approximate surface area is 196 Å². The molecule has 6 nitrogen and oxygen atoms in total. The number of phenols is 1. The van der Waals surface area contributed by atoms with Crippen molar-refractivity contribution in [1.82, 2.24) is 4.90 Å². The fourth-order valence-electron chi connectivity index (χ4n) is 4.11. The molecule has 3 rings (SSSR count). The van der Waals surface area contributed by atoms with E-state index in [4.69, 9.17) is 5.41 Å². The number of hydrogen-bond donors (Lipinski definition) is 2. The van der Waals surface area contributed by atoms with Gasteiger partial charge in [0, 0.05) is 48.5 Å². The van der Waals surface area contributed by atoms with E-state index >= 15 is 0 Å². The summed E-state index contributed by atoms with van der Waals surface area (Å²) in [5, 5.41) is 19.6. The van der Waals surface area contributed by atoms with E-state index in [1.54, 1.807) is 29.0 Å². The smallest absolute Gasteiger partial charge is 0.223 e. The summed E-state index contributed by atoms with van der Waals surface area (Å²) in [6.07, 6.45) is 0. The Morgan fingerprint density at radius 1 is 1.03 bits per heavy atom. The predicted octanol–water partition coefficient (Wildman–Crippen LogP) is 4.99. The number of amides is 1. The fourth-order valence-corrected chi connectivity index (χ4v) is 4.11. The van der Waals surface area contributed by atoms with E-state index in [2.05, 4.69) is 0 Å². The molecule has 1 aliphatic heterocycles. The van der Waals surface area contributed by atoms with Crippen LogP contribution in [-0.4, -0.2) is 41.1 Å². The van der Waals surface area contributed by atoms with Crippen molar-refractivity contribution in [3.8, 4) is 5.75 Å². The van der Waals surface area contributed by atoms with E-state index in [-0.39, 0.29) is 40.7 Å². The highest BCUT2D eigenvalue weighted by Gasteiger charge is 2.30. The first-order chi connectivity index (χ1) is 15.1. The van der Waals surface area contributed by atoms with Gasteiger partial charge in [-0.15, -0.1) is 0 Å². The zero-order chi connectivity index (χ0) is 24.9. The Morgan fingerprint density at radius 2 is 1.58 bits per heavy atom. The number of carbonyl (C=O) groups is 2. The number of benzene rings is 2. The number of fused-ring (bicyclic) bond motifs is 1. The van der Waals surface area contributed by atoms with Crippen LogP contribution >= 0.6 is 0 Å². The van der Waals surface area contributed by atoms with Crippen LogP contribution in [0.25, 0.3) is 0 Å². The number of phenolic OH excluding ortho intramolecular Hbond substituents is 1. The second-order valence-electron chi connectivity index (χ2n) is 11.0. The highest BCUT2D eigenvalue weighted by atomic mass is 16.3. The summed E-state index contributed by atoms with van der Waals surface area (Å²) < 4.78 is 0. The van der Waals surface area contributed by atoms with Crippen molar-refractivity contribution in [3.05, 3.63) is 58.1 Å². The van der Waals surface area contributed by atoms with Crippen LogP contribution < -0.4 is 4.90 Å². The number of carbonyl (C=O) groups excluding carboxylic acids is 2. The molecule has 6 heteroatoms. The average molecular weight is 450 g/mol. The van der Waals surface area contributed by atoms with Crippen LogP contribution in [0.1, 0.15) is 81.1 Å². The zero-order valence-corrected chi connectivity index (χ0v) is 21.0. The average Bonchev–Trinajstić information content (AvgIpc) is 3.00. The third-order valence-electron chi connectivity index (χ3n) is 6.27. The number of Topliss-reactive ketones (excluding diaryl/α,β-unsaturated/α-hetero) is 1. The van der Waals surface area contributed by atoms with Crippen molar-refractivity contribution >= 4 is 23.2 Å². The molecule has 0 atom stereocenters. The summed E-state index contributed by atoms with van der Waals surface area (Å²) in [5.41, 5.74) is 3.82. The first kappa shape index (κ1) is 24.5. The molecule has 0 saturated heterocycles. The van der Waals surface area contributed by atoms with Gasteiger partial charge in [0.2, 0.25) is 5.91 Å². The number of amidine groups is 1. The molecule has 0 fully saturated rings. The molecule has 2 aromatic rings. The summed E-state index contributed by atoms with van der Waals surface area (Å²) in [5.74, 6) is 0.353. The molecular formula is C27H35N3O3. The normalized spacial score (nSPS) is 13.8. The van der Waals surface area contributed by atoms with Gasteiger partial charge in [-0.1, -0.05) is 47.6 Å². The van der Waals surface area contributed by atoms with Crippen molar-refractivity contribution in [1.29, 1.82) is 5.41 Å². The van der Waals surface area contributed by atoms with Crippen LogP contribution in [0.3, 0.4) is 0 Å². The molecule has 2 aromatic carbocycles. The molecule has 2 N–H and O–H groups in total. The summed E-state index contributed by atoms with van der Waals surface area (Å²) in [4.78, 5) is 28.4. The maximum absolute atomic E-state index is 13.4. The Balaban J connectivity index is 1.91. The Kier molecular flexibility index (Phi) is 6.18. The number of nitrogens with zero attached hydrogens (tertiary/aromatic N) is 2. The maximum Gasteiger partial charge on any atom is 0.223 e. The van der Waals surface area contributed by atoms with E-state index in [1.165, 1.54) is 6.92 Å². The molecule has 0 spiro atoms. The highest BCUT2D eigenvalue weighted by molar-refractivity contribution is 6.06. The van der Waals surface area contributed by atoms with Crippen LogP contribution in [0, 0.1) is 5.41 Å². The number of ketones is 1. The van der Waals surface area contributed by atoms with Gasteiger partial charge in [-0.2, -0.15) is 0 Å². The van der Waals surface area contributed by atoms with Crippen molar-refractivity contribution in [2.75, 3.05) is 18.5 Å². The van der Waals surface area contributed by atoms with Gasteiger partial charge in [0.05, 0.1) is 6.54 Å². The molecule has 0 aliphatic carbocycles. The van der Waals surface area contributed by atoms with Crippen molar-refractivity contribution in [3.63, 3.8) is 0 Å². The molecule has 33 heavy (non-hydrogen) atoms. The number of hydrogen-bond acceptors (Lipinski definition) is 4. The molecule has 0 bridgehead atoms. The summed E-state index contributed by atoms with van der Waals surface area (Å²) in [6.45, 7) is 14.2. The van der Waals surface area contributed by atoms with Gasteiger partial charge >= 0.3 is 0 Å². The van der Waals surface area contributed by atoms with Crippen LogP contribution in [0.5, 0.6) is 5.75 Å². The lowest BCUT2D eigenvalue weighted by Gasteiger charge is -2.28. The molecule has 1 aliphatic rings. The standard InChI is InChI=1S/C27H35N3O3/c1-16(31)29(8)19-10-9-17-14-30(25(28)20(17)13-19)15-23(32)18-11-21(26(2,3)4)24(33)22(12-18)27(5,6)7/h9-13,28,33H,14-15H2,1-8H3. The molecule has 1 heterocycles. The van der Waals surface area contributed by atoms with Crippen LogP contribution in [0.4, 0.5) is 5.69 Å². The lowest BCUT2D eigenvalue weighted by molar-refractivity contribution is -0.116. The number of aromatic hydroxyl groups is 1. The zero-order valence-electron chi connectivity index (χ0n) is 21.0. The predicted molar refractivity (Wildman–Crippen MR) is 133 cm³/mol. The van der Waals surface area contributed by atoms with Gasteiger partial charge in [0.25, 0.3) is 0 Å². The van der Waals surface area contributed by atoms with Crippen molar-refractivity contribution in [2.24, 2.45) is 0 Å². The molecule has 0 aromatic heterocycles. The maximum atomic E-state index is 13.4. The van der Waals surface area contributed by atoms with Gasteiger partial charge in [-0.25, -0.2) is 0 Å². The van der Waals surface area contributed by atoms with E-state index in [0.717, 1.165) is 27.9 Å². The highest BCUT2D eigenvalue weighted by Crippen LogP contribution is 2.40.